The van der Waals surface area contributed by atoms with Gasteiger partial charge in [-0.25, -0.2) is 0 Å². The number of hydrogen-bond acceptors (Lipinski definition) is 3. The number of rotatable bonds is 0. The second-order valence-corrected chi connectivity index (χ2v) is 5.40. The van der Waals surface area contributed by atoms with E-state index >= 15 is 0 Å². The molecule has 0 spiro atoms. The molecule has 0 aliphatic rings. The monoisotopic (exact) mass is 218 g/mol. The van der Waals surface area contributed by atoms with Crippen molar-refractivity contribution in [3.05, 3.63) is 0 Å². The minimum Gasteiger partial charge on any atom is -0.260 e. The lowest BCUT2D eigenvalue weighted by atomic mass is 11.0. The molecule has 5 heteroatoms. The third kappa shape index (κ3) is 1890. The lowest BCUT2D eigenvalue weighted by molar-refractivity contribution is 0.689. The van der Waals surface area contributed by atoms with Gasteiger partial charge in [-0.3, -0.25) is 8.42 Å². The maximum Gasteiger partial charge on any atom is 0.0148 e. The van der Waals surface area contributed by atoms with E-state index in [9.17, 15) is 8.42 Å². The standard InChI is InChI=1S/2C2H6OS.C2H6S/c2*1-4(2)3;1-2-3/h2*1-2H3;3H,2H2,1H3. The van der Waals surface area contributed by atoms with Crippen molar-refractivity contribution in [3.63, 3.8) is 0 Å². The highest BCUT2D eigenvalue weighted by molar-refractivity contribution is 7.83. The van der Waals surface area contributed by atoms with Crippen molar-refractivity contribution in [2.24, 2.45) is 0 Å². The van der Waals surface area contributed by atoms with E-state index in [2.05, 4.69) is 12.6 Å². The first-order chi connectivity index (χ1) is 4.88. The summed E-state index contributed by atoms with van der Waals surface area (Å²) in [6.07, 6.45) is 6.56. The molecular weight excluding hydrogens is 200 g/mol. The van der Waals surface area contributed by atoms with Crippen molar-refractivity contribution in [1.82, 2.24) is 0 Å². The van der Waals surface area contributed by atoms with Gasteiger partial charge in [-0.1, -0.05) is 6.92 Å². The molecule has 0 rings (SSSR count). The van der Waals surface area contributed by atoms with E-state index in [0.29, 0.717) is 0 Å². The van der Waals surface area contributed by atoms with Crippen LogP contribution < -0.4 is 0 Å². The highest BCUT2D eigenvalue weighted by atomic mass is 32.2. The summed E-state index contributed by atoms with van der Waals surface area (Å²) >= 11 is 3.79. The Morgan fingerprint density at radius 2 is 1.00 bits per heavy atom. The molecule has 0 amide bonds. The SMILES string of the molecule is CCS.CS(C)=O.CS(C)=O. The van der Waals surface area contributed by atoms with Crippen LogP contribution in [-0.2, 0) is 21.6 Å². The molecule has 72 valence electrons. The second-order valence-electron chi connectivity index (χ2n) is 1.80. The fourth-order valence-electron chi connectivity index (χ4n) is 0. The molecule has 0 aromatic carbocycles. The van der Waals surface area contributed by atoms with Crippen molar-refractivity contribution in [1.29, 1.82) is 0 Å². The molecule has 0 fully saturated rings. The lowest BCUT2D eigenvalue weighted by Gasteiger charge is -1.60. The average molecular weight is 218 g/mol. The van der Waals surface area contributed by atoms with E-state index in [1.165, 1.54) is 0 Å². The topological polar surface area (TPSA) is 34.1 Å². The van der Waals surface area contributed by atoms with E-state index in [4.69, 9.17) is 0 Å². The van der Waals surface area contributed by atoms with Crippen molar-refractivity contribution in [3.8, 4) is 0 Å². The van der Waals surface area contributed by atoms with E-state index in [-0.39, 0.29) is 0 Å². The zero-order valence-corrected chi connectivity index (χ0v) is 10.3. The van der Waals surface area contributed by atoms with Gasteiger partial charge in [-0.05, 0) is 5.75 Å². The Hall–Kier alpha value is 0.650. The first-order valence-corrected chi connectivity index (χ1v) is 7.55. The van der Waals surface area contributed by atoms with E-state index in [1.54, 1.807) is 25.0 Å². The second kappa shape index (κ2) is 16.9. The zero-order chi connectivity index (χ0) is 9.86. The van der Waals surface area contributed by atoms with E-state index in [0.717, 1.165) is 5.75 Å². The summed E-state index contributed by atoms with van der Waals surface area (Å²) in [7, 11) is -1.22. The normalized spacial score (nSPS) is 8.00. The van der Waals surface area contributed by atoms with Gasteiger partial charge in [0.15, 0.2) is 0 Å². The summed E-state index contributed by atoms with van der Waals surface area (Å²) in [6, 6.07) is 0. The Morgan fingerprint density at radius 3 is 1.00 bits per heavy atom. The smallest absolute Gasteiger partial charge is 0.0148 e. The van der Waals surface area contributed by atoms with Crippen LogP contribution in [0.1, 0.15) is 6.92 Å². The van der Waals surface area contributed by atoms with Crippen LogP contribution in [0.5, 0.6) is 0 Å². The van der Waals surface area contributed by atoms with Crippen LogP contribution in [0, 0.1) is 0 Å². The predicted molar refractivity (Wildman–Crippen MR) is 59.5 cm³/mol. The maximum absolute atomic E-state index is 9.56. The van der Waals surface area contributed by atoms with Gasteiger partial charge in [-0.15, -0.1) is 0 Å². The summed E-state index contributed by atoms with van der Waals surface area (Å²) < 4.78 is 19.1. The van der Waals surface area contributed by atoms with Gasteiger partial charge in [0.05, 0.1) is 0 Å². The lowest BCUT2D eigenvalue weighted by Crippen LogP contribution is -1.70. The molecule has 0 aliphatic carbocycles. The van der Waals surface area contributed by atoms with Crippen molar-refractivity contribution < 1.29 is 8.42 Å². The summed E-state index contributed by atoms with van der Waals surface area (Å²) in [6.45, 7) is 1.99. The molecule has 0 saturated carbocycles. The van der Waals surface area contributed by atoms with Gasteiger partial charge in [0, 0.05) is 46.6 Å². The highest BCUT2D eigenvalue weighted by Crippen LogP contribution is 1.58. The molecule has 0 heterocycles. The molecule has 0 aromatic rings. The van der Waals surface area contributed by atoms with Crippen LogP contribution in [0.25, 0.3) is 0 Å². The average Bonchev–Trinajstić information content (AvgIpc) is 1.60. The first kappa shape index (κ1) is 17.7. The molecule has 2 nitrogen and oxygen atoms in total. The Labute approximate surface area is 80.5 Å². The largest absolute Gasteiger partial charge is 0.260 e. The molecule has 0 saturated heterocycles. The van der Waals surface area contributed by atoms with E-state index in [1.807, 2.05) is 6.92 Å². The van der Waals surface area contributed by atoms with Gasteiger partial charge in [0.2, 0.25) is 0 Å². The summed E-state index contributed by atoms with van der Waals surface area (Å²) in [5.41, 5.74) is 0. The third-order valence-corrected chi connectivity index (χ3v) is 0. The van der Waals surface area contributed by atoms with Crippen LogP contribution in [0.15, 0.2) is 0 Å². The predicted octanol–water partition coefficient (Wildman–Crippen LogP) is 0.925. The highest BCUT2D eigenvalue weighted by Gasteiger charge is 1.58. The Bertz CT molecular complexity index is 84.0. The fraction of sp³-hybridized carbons (Fsp3) is 1.00. The molecule has 0 aliphatic heterocycles. The zero-order valence-electron chi connectivity index (χ0n) is 7.79. The van der Waals surface area contributed by atoms with Crippen molar-refractivity contribution >= 4 is 34.2 Å². The third-order valence-electron chi connectivity index (χ3n) is 0. The molecule has 0 aromatic heterocycles. The van der Waals surface area contributed by atoms with Crippen molar-refractivity contribution in [2.45, 2.75) is 6.92 Å². The van der Waals surface area contributed by atoms with Crippen molar-refractivity contribution in [2.75, 3.05) is 30.8 Å². The van der Waals surface area contributed by atoms with Crippen LogP contribution in [0.4, 0.5) is 0 Å². The molecule has 0 atom stereocenters. The van der Waals surface area contributed by atoms with Crippen LogP contribution in [0.3, 0.4) is 0 Å². The van der Waals surface area contributed by atoms with Gasteiger partial charge >= 0.3 is 0 Å². The Kier molecular flexibility index (Phi) is 27.2. The molecule has 0 N–H and O–H groups in total. The van der Waals surface area contributed by atoms with Crippen LogP contribution in [0.2, 0.25) is 0 Å². The van der Waals surface area contributed by atoms with Gasteiger partial charge in [0.1, 0.15) is 0 Å². The molecule has 11 heavy (non-hydrogen) atoms. The minimum absolute atomic E-state index is 0.611. The van der Waals surface area contributed by atoms with Gasteiger partial charge < -0.3 is 0 Å². The quantitative estimate of drug-likeness (QED) is 0.614. The Balaban J connectivity index is -0.0000000886. The van der Waals surface area contributed by atoms with Crippen LogP contribution in [-0.4, -0.2) is 39.2 Å². The fourth-order valence-corrected chi connectivity index (χ4v) is 0. The molecular formula is C6H18O2S3. The number of hydrogen-bond donors (Lipinski definition) is 1. The van der Waals surface area contributed by atoms with Gasteiger partial charge in [0.25, 0.3) is 0 Å². The van der Waals surface area contributed by atoms with Gasteiger partial charge in [-0.2, -0.15) is 12.6 Å². The summed E-state index contributed by atoms with van der Waals surface area (Å²) in [5, 5.41) is 0. The Morgan fingerprint density at radius 1 is 1.00 bits per heavy atom. The summed E-state index contributed by atoms with van der Waals surface area (Å²) in [5.74, 6) is 0.944. The summed E-state index contributed by atoms with van der Waals surface area (Å²) in [4.78, 5) is 0. The van der Waals surface area contributed by atoms with E-state index < -0.39 is 21.6 Å². The molecule has 0 bridgehead atoms. The number of thiol groups is 1. The molecule has 0 radical (unpaired) electrons. The first-order valence-electron chi connectivity index (χ1n) is 2.99. The molecule has 0 unspecified atom stereocenters. The minimum atomic E-state index is -0.611. The maximum atomic E-state index is 9.56. The van der Waals surface area contributed by atoms with Crippen LogP contribution >= 0.6 is 12.6 Å².